The van der Waals surface area contributed by atoms with Crippen molar-refractivity contribution in [3.8, 4) is 6.07 Å². The van der Waals surface area contributed by atoms with Crippen molar-refractivity contribution in [2.75, 3.05) is 13.2 Å². The first-order valence-electron chi connectivity index (χ1n) is 8.53. The van der Waals surface area contributed by atoms with E-state index in [-0.39, 0.29) is 6.10 Å². The molecule has 0 aromatic carbocycles. The summed E-state index contributed by atoms with van der Waals surface area (Å²) < 4.78 is 10.9. The van der Waals surface area contributed by atoms with Crippen LogP contribution < -0.4 is 0 Å². The fourth-order valence-corrected chi connectivity index (χ4v) is 3.15. The lowest BCUT2D eigenvalue weighted by atomic mass is 9.77. The van der Waals surface area contributed by atoms with Crippen LogP contribution in [0.3, 0.4) is 0 Å². The minimum atomic E-state index is -0.00153. The molecule has 0 aromatic heterocycles. The summed E-state index contributed by atoms with van der Waals surface area (Å²) >= 11 is 0. The molecule has 0 radical (unpaired) electrons. The molecule has 2 unspecified atom stereocenters. The first-order chi connectivity index (χ1) is 10.3. The highest BCUT2D eigenvalue weighted by Crippen LogP contribution is 2.33. The Hall–Kier alpha value is -1.01. The molecule has 120 valence electrons. The summed E-state index contributed by atoms with van der Waals surface area (Å²) in [6.07, 6.45) is 13.9. The third-order valence-electron chi connectivity index (χ3n) is 4.45. The summed E-state index contributed by atoms with van der Waals surface area (Å²) in [5.74, 6) is 1.74. The summed E-state index contributed by atoms with van der Waals surface area (Å²) in [4.78, 5) is 0. The zero-order valence-electron chi connectivity index (χ0n) is 13.7. The smallest absolute Gasteiger partial charge is 0.111 e. The van der Waals surface area contributed by atoms with Crippen molar-refractivity contribution in [1.29, 1.82) is 5.26 Å². The number of rotatable bonds is 10. The largest absolute Gasteiger partial charge is 0.499 e. The molecule has 21 heavy (non-hydrogen) atoms. The number of hydrogen-bond acceptors (Lipinski definition) is 3. The lowest BCUT2D eigenvalue weighted by Crippen LogP contribution is -2.16. The molecular formula is C18H31NO2. The average Bonchev–Trinajstić information content (AvgIpc) is 2.51. The van der Waals surface area contributed by atoms with Crippen LogP contribution in [0.1, 0.15) is 65.2 Å². The molecule has 1 aliphatic carbocycles. The van der Waals surface area contributed by atoms with Crippen molar-refractivity contribution in [2.24, 2.45) is 11.8 Å². The van der Waals surface area contributed by atoms with Crippen LogP contribution in [0.25, 0.3) is 0 Å². The molecule has 1 aliphatic rings. The fraction of sp³-hybridized carbons (Fsp3) is 0.833. The van der Waals surface area contributed by atoms with E-state index in [0.29, 0.717) is 19.6 Å². The van der Waals surface area contributed by atoms with Gasteiger partial charge in [0.05, 0.1) is 31.5 Å². The predicted octanol–water partition coefficient (Wildman–Crippen LogP) is 4.83. The van der Waals surface area contributed by atoms with E-state index in [9.17, 15) is 0 Å². The van der Waals surface area contributed by atoms with Crippen LogP contribution in [0.2, 0.25) is 0 Å². The number of nitrogens with zero attached hydrogens (tertiary/aromatic N) is 1. The topological polar surface area (TPSA) is 42.2 Å². The molecule has 0 bridgehead atoms. The monoisotopic (exact) mass is 293 g/mol. The number of hydrogen-bond donors (Lipinski definition) is 0. The van der Waals surface area contributed by atoms with Gasteiger partial charge in [-0.2, -0.15) is 5.26 Å². The van der Waals surface area contributed by atoms with E-state index in [0.717, 1.165) is 18.3 Å². The summed E-state index contributed by atoms with van der Waals surface area (Å²) in [5, 5.41) is 8.52. The first kappa shape index (κ1) is 18.0. The van der Waals surface area contributed by atoms with Gasteiger partial charge >= 0.3 is 0 Å². The maximum absolute atomic E-state index is 8.52. The normalized spacial score (nSPS) is 19.3. The molecule has 3 nitrogen and oxygen atoms in total. The number of nitriles is 1. The van der Waals surface area contributed by atoms with Crippen molar-refractivity contribution in [3.05, 3.63) is 12.3 Å². The first-order valence-corrected chi connectivity index (χ1v) is 8.53. The minimum Gasteiger partial charge on any atom is -0.499 e. The minimum absolute atomic E-state index is 0.00153. The maximum atomic E-state index is 8.52. The molecule has 1 rings (SSSR count). The molecule has 0 amide bonds. The van der Waals surface area contributed by atoms with Gasteiger partial charge in [-0.1, -0.05) is 45.4 Å². The van der Waals surface area contributed by atoms with Gasteiger partial charge in [-0.15, -0.1) is 0 Å². The van der Waals surface area contributed by atoms with Crippen molar-refractivity contribution < 1.29 is 9.47 Å². The molecule has 0 aromatic rings. The van der Waals surface area contributed by atoms with Crippen LogP contribution in [-0.4, -0.2) is 19.3 Å². The Morgan fingerprint density at radius 1 is 1.24 bits per heavy atom. The second-order valence-electron chi connectivity index (χ2n) is 6.09. The lowest BCUT2D eigenvalue weighted by molar-refractivity contribution is 0.0374. The van der Waals surface area contributed by atoms with Crippen LogP contribution in [-0.2, 0) is 9.47 Å². The molecule has 2 atom stereocenters. The van der Waals surface area contributed by atoms with Gasteiger partial charge in [-0.25, -0.2) is 0 Å². The molecule has 1 fully saturated rings. The summed E-state index contributed by atoms with van der Waals surface area (Å²) in [7, 11) is 0. The van der Waals surface area contributed by atoms with Gasteiger partial charge < -0.3 is 9.47 Å². The van der Waals surface area contributed by atoms with E-state index in [1.54, 1.807) is 0 Å². The van der Waals surface area contributed by atoms with Crippen molar-refractivity contribution >= 4 is 0 Å². The SMILES string of the molecule is CCC(C/C=C/OCCOC(C)CC#N)C1CCCCC1. The number of allylic oxidation sites excluding steroid dienone is 1. The van der Waals surface area contributed by atoms with Gasteiger partial charge in [0.2, 0.25) is 0 Å². The van der Waals surface area contributed by atoms with Gasteiger partial charge in [-0.3, -0.25) is 0 Å². The van der Waals surface area contributed by atoms with Gasteiger partial charge in [0.1, 0.15) is 6.61 Å². The van der Waals surface area contributed by atoms with Crippen LogP contribution >= 0.6 is 0 Å². The van der Waals surface area contributed by atoms with Crippen LogP contribution in [0.15, 0.2) is 12.3 Å². The lowest BCUT2D eigenvalue weighted by Gasteiger charge is -2.28. The second-order valence-corrected chi connectivity index (χ2v) is 6.09. The van der Waals surface area contributed by atoms with Crippen LogP contribution in [0.4, 0.5) is 0 Å². The summed E-state index contributed by atoms with van der Waals surface area (Å²) in [6, 6.07) is 2.10. The molecule has 0 N–H and O–H groups in total. The highest BCUT2D eigenvalue weighted by molar-refractivity contribution is 4.82. The highest BCUT2D eigenvalue weighted by Gasteiger charge is 2.20. The second kappa shape index (κ2) is 11.6. The van der Waals surface area contributed by atoms with Gasteiger partial charge in [0.15, 0.2) is 0 Å². The summed E-state index contributed by atoms with van der Waals surface area (Å²) in [5.41, 5.74) is 0. The van der Waals surface area contributed by atoms with E-state index < -0.39 is 0 Å². The molecule has 0 heterocycles. The standard InChI is InChI=1S/C18H31NO2/c1-3-17(18-8-5-4-6-9-18)10-7-13-20-14-15-21-16(2)11-12-19/h7,13,16-18H,3-6,8-11,14-15H2,1-2H3/b13-7+. The Bertz CT molecular complexity index is 316. The third kappa shape index (κ3) is 8.12. The zero-order valence-corrected chi connectivity index (χ0v) is 13.7. The van der Waals surface area contributed by atoms with Crippen molar-refractivity contribution in [3.63, 3.8) is 0 Å². The van der Waals surface area contributed by atoms with E-state index in [1.165, 1.54) is 38.5 Å². The molecule has 0 spiro atoms. The Balaban J connectivity index is 2.08. The zero-order chi connectivity index (χ0) is 15.3. The molecule has 3 heteroatoms. The Labute approximate surface area is 130 Å². The van der Waals surface area contributed by atoms with E-state index in [1.807, 2.05) is 13.2 Å². The molecular weight excluding hydrogens is 262 g/mol. The van der Waals surface area contributed by atoms with Crippen LogP contribution in [0, 0.1) is 23.2 Å². The van der Waals surface area contributed by atoms with Gasteiger partial charge in [0.25, 0.3) is 0 Å². The fourth-order valence-electron chi connectivity index (χ4n) is 3.15. The Morgan fingerprint density at radius 2 is 2.00 bits per heavy atom. The summed E-state index contributed by atoms with van der Waals surface area (Å²) in [6.45, 7) is 5.33. The van der Waals surface area contributed by atoms with Crippen molar-refractivity contribution in [1.82, 2.24) is 0 Å². The van der Waals surface area contributed by atoms with Crippen LogP contribution in [0.5, 0.6) is 0 Å². The number of ether oxygens (including phenoxy) is 2. The van der Waals surface area contributed by atoms with Crippen molar-refractivity contribution in [2.45, 2.75) is 71.3 Å². The molecule has 1 saturated carbocycles. The average molecular weight is 293 g/mol. The quantitative estimate of drug-likeness (QED) is 0.428. The highest BCUT2D eigenvalue weighted by atomic mass is 16.5. The van der Waals surface area contributed by atoms with Gasteiger partial charge in [-0.05, 0) is 31.3 Å². The van der Waals surface area contributed by atoms with E-state index in [2.05, 4.69) is 19.1 Å². The predicted molar refractivity (Wildman–Crippen MR) is 85.7 cm³/mol. The maximum Gasteiger partial charge on any atom is 0.111 e. The Morgan fingerprint density at radius 3 is 2.67 bits per heavy atom. The Kier molecular flexibility index (Phi) is 9.99. The van der Waals surface area contributed by atoms with E-state index >= 15 is 0 Å². The molecule has 0 saturated heterocycles. The molecule has 0 aliphatic heterocycles. The third-order valence-corrected chi connectivity index (χ3v) is 4.45. The van der Waals surface area contributed by atoms with Gasteiger partial charge in [0, 0.05) is 0 Å². The van der Waals surface area contributed by atoms with E-state index in [4.69, 9.17) is 14.7 Å².